The Bertz CT molecular complexity index is 522. The molecule has 1 rings (SSSR count). The Kier molecular flexibility index (Phi) is 4.14. The second kappa shape index (κ2) is 5.58. The molecule has 7 heteroatoms. The number of carbonyl (C=O) groups is 2. The molecule has 0 aliphatic heterocycles. The summed E-state index contributed by atoms with van der Waals surface area (Å²) in [6.45, 7) is 3.31. The SMILES string of the molecule is C=CCOC(=O)c1ccc(C(=O)O)c([N+](=O)[O-])c1. The number of carboxylic acid groups (broad SMARTS) is 1. The van der Waals surface area contributed by atoms with Gasteiger partial charge < -0.3 is 9.84 Å². The van der Waals surface area contributed by atoms with Gasteiger partial charge in [0, 0.05) is 6.07 Å². The Hall–Kier alpha value is -2.70. The molecule has 18 heavy (non-hydrogen) atoms. The van der Waals surface area contributed by atoms with Crippen LogP contribution < -0.4 is 0 Å². The largest absolute Gasteiger partial charge is 0.477 e. The third-order valence-corrected chi connectivity index (χ3v) is 1.99. The number of benzene rings is 1. The molecule has 0 aliphatic rings. The fourth-order valence-electron chi connectivity index (χ4n) is 1.21. The lowest BCUT2D eigenvalue weighted by Crippen LogP contribution is -2.08. The van der Waals surface area contributed by atoms with E-state index in [4.69, 9.17) is 5.11 Å². The van der Waals surface area contributed by atoms with Crippen LogP contribution in [0.15, 0.2) is 30.9 Å². The second-order valence-electron chi connectivity index (χ2n) is 3.18. The van der Waals surface area contributed by atoms with Crippen LogP contribution in [0.1, 0.15) is 20.7 Å². The molecule has 7 nitrogen and oxygen atoms in total. The van der Waals surface area contributed by atoms with Gasteiger partial charge in [0.1, 0.15) is 12.2 Å². The zero-order valence-corrected chi connectivity index (χ0v) is 9.16. The predicted octanol–water partition coefficient (Wildman–Crippen LogP) is 1.64. The summed E-state index contributed by atoms with van der Waals surface area (Å²) < 4.78 is 4.69. The number of esters is 1. The second-order valence-corrected chi connectivity index (χ2v) is 3.18. The number of rotatable bonds is 5. The first-order valence-electron chi connectivity index (χ1n) is 4.77. The third-order valence-electron chi connectivity index (χ3n) is 1.99. The Balaban J connectivity index is 3.15. The van der Waals surface area contributed by atoms with E-state index in [1.807, 2.05) is 0 Å². The molecular weight excluding hydrogens is 242 g/mol. The van der Waals surface area contributed by atoms with E-state index in [9.17, 15) is 19.7 Å². The summed E-state index contributed by atoms with van der Waals surface area (Å²) in [6.07, 6.45) is 1.35. The normalized spacial score (nSPS) is 9.56. The molecule has 94 valence electrons. The van der Waals surface area contributed by atoms with Crippen LogP contribution in [0, 0.1) is 10.1 Å². The van der Waals surface area contributed by atoms with Gasteiger partial charge in [0.25, 0.3) is 5.69 Å². The van der Waals surface area contributed by atoms with Crippen LogP contribution in [0.3, 0.4) is 0 Å². The number of hydrogen-bond acceptors (Lipinski definition) is 5. The number of carboxylic acids is 1. The highest BCUT2D eigenvalue weighted by atomic mass is 16.6. The van der Waals surface area contributed by atoms with Gasteiger partial charge in [-0.1, -0.05) is 12.7 Å². The van der Waals surface area contributed by atoms with Gasteiger partial charge in [-0.3, -0.25) is 10.1 Å². The summed E-state index contributed by atoms with van der Waals surface area (Å²) in [5.41, 5.74) is -1.23. The quantitative estimate of drug-likeness (QED) is 0.369. The molecule has 0 fully saturated rings. The minimum Gasteiger partial charge on any atom is -0.477 e. The average molecular weight is 251 g/mol. The van der Waals surface area contributed by atoms with Crippen molar-refractivity contribution in [2.24, 2.45) is 0 Å². The van der Waals surface area contributed by atoms with E-state index < -0.39 is 28.1 Å². The summed E-state index contributed by atoms with van der Waals surface area (Å²) >= 11 is 0. The Morgan fingerprint density at radius 1 is 1.50 bits per heavy atom. The van der Waals surface area contributed by atoms with Crippen LogP contribution >= 0.6 is 0 Å². The Morgan fingerprint density at radius 2 is 2.17 bits per heavy atom. The standard InChI is InChI=1S/C11H9NO6/c1-2-5-18-11(15)7-3-4-8(10(13)14)9(6-7)12(16)17/h2-4,6H,1,5H2,(H,13,14). The van der Waals surface area contributed by atoms with Crippen molar-refractivity contribution in [1.82, 2.24) is 0 Å². The molecule has 0 aromatic heterocycles. The Morgan fingerprint density at radius 3 is 2.67 bits per heavy atom. The number of aromatic carboxylic acids is 1. The summed E-state index contributed by atoms with van der Waals surface area (Å²) in [4.78, 5) is 32.0. The lowest BCUT2D eigenvalue weighted by molar-refractivity contribution is -0.385. The highest BCUT2D eigenvalue weighted by Gasteiger charge is 2.22. The van der Waals surface area contributed by atoms with Crippen molar-refractivity contribution < 1.29 is 24.4 Å². The van der Waals surface area contributed by atoms with Crippen LogP contribution in [0.2, 0.25) is 0 Å². The van der Waals surface area contributed by atoms with Gasteiger partial charge in [-0.2, -0.15) is 0 Å². The van der Waals surface area contributed by atoms with Gasteiger partial charge in [-0.05, 0) is 12.1 Å². The van der Waals surface area contributed by atoms with E-state index >= 15 is 0 Å². The zero-order valence-electron chi connectivity index (χ0n) is 9.16. The monoisotopic (exact) mass is 251 g/mol. The topological polar surface area (TPSA) is 107 Å². The van der Waals surface area contributed by atoms with E-state index in [1.165, 1.54) is 6.08 Å². The maximum atomic E-state index is 11.4. The molecule has 1 aromatic rings. The zero-order chi connectivity index (χ0) is 13.7. The number of hydrogen-bond donors (Lipinski definition) is 1. The summed E-state index contributed by atoms with van der Waals surface area (Å²) in [5, 5.41) is 19.4. The number of nitro benzene ring substituents is 1. The molecule has 1 N–H and O–H groups in total. The molecule has 1 aromatic carbocycles. The molecule has 0 saturated heterocycles. The van der Waals surface area contributed by atoms with Crippen molar-refractivity contribution >= 4 is 17.6 Å². The first-order chi connectivity index (χ1) is 8.47. The van der Waals surface area contributed by atoms with Crippen molar-refractivity contribution in [2.45, 2.75) is 0 Å². The van der Waals surface area contributed by atoms with Gasteiger partial charge in [-0.15, -0.1) is 0 Å². The number of nitrogens with zero attached hydrogens (tertiary/aromatic N) is 1. The molecule has 0 atom stereocenters. The van der Waals surface area contributed by atoms with Crippen molar-refractivity contribution in [3.8, 4) is 0 Å². The molecule has 0 heterocycles. The third kappa shape index (κ3) is 2.91. The predicted molar refractivity (Wildman–Crippen MR) is 60.5 cm³/mol. The number of nitro groups is 1. The number of carbonyl (C=O) groups excluding carboxylic acids is 1. The van der Waals surface area contributed by atoms with Crippen molar-refractivity contribution in [2.75, 3.05) is 6.61 Å². The summed E-state index contributed by atoms with van der Waals surface area (Å²) in [6, 6.07) is 3.02. The van der Waals surface area contributed by atoms with E-state index in [1.54, 1.807) is 0 Å². The van der Waals surface area contributed by atoms with Crippen LogP contribution in [-0.2, 0) is 4.74 Å². The molecule has 0 spiro atoms. The lowest BCUT2D eigenvalue weighted by Gasteiger charge is -2.03. The van der Waals surface area contributed by atoms with E-state index in [0.29, 0.717) is 0 Å². The fraction of sp³-hybridized carbons (Fsp3) is 0.0909. The highest BCUT2D eigenvalue weighted by Crippen LogP contribution is 2.20. The van der Waals surface area contributed by atoms with Crippen molar-refractivity contribution in [1.29, 1.82) is 0 Å². The average Bonchev–Trinajstić information content (AvgIpc) is 2.34. The van der Waals surface area contributed by atoms with Gasteiger partial charge in [0.15, 0.2) is 0 Å². The van der Waals surface area contributed by atoms with Crippen molar-refractivity contribution in [3.05, 3.63) is 52.1 Å². The molecule has 0 saturated carbocycles. The lowest BCUT2D eigenvalue weighted by atomic mass is 10.1. The van der Waals surface area contributed by atoms with Gasteiger partial charge >= 0.3 is 11.9 Å². The summed E-state index contributed by atoms with van der Waals surface area (Å²) in [5.74, 6) is -2.22. The van der Waals surface area contributed by atoms with E-state index in [2.05, 4.69) is 11.3 Å². The first-order valence-corrected chi connectivity index (χ1v) is 4.77. The fourth-order valence-corrected chi connectivity index (χ4v) is 1.21. The van der Waals surface area contributed by atoms with Gasteiger partial charge in [0.2, 0.25) is 0 Å². The van der Waals surface area contributed by atoms with E-state index in [0.717, 1.165) is 18.2 Å². The smallest absolute Gasteiger partial charge is 0.342 e. The van der Waals surface area contributed by atoms with Gasteiger partial charge in [-0.25, -0.2) is 9.59 Å². The molecule has 0 unspecified atom stereocenters. The maximum Gasteiger partial charge on any atom is 0.342 e. The molecule has 0 aliphatic carbocycles. The van der Waals surface area contributed by atoms with Crippen LogP contribution in [-0.4, -0.2) is 28.6 Å². The summed E-state index contributed by atoms with van der Waals surface area (Å²) in [7, 11) is 0. The van der Waals surface area contributed by atoms with E-state index in [-0.39, 0.29) is 12.2 Å². The molecule has 0 bridgehead atoms. The van der Waals surface area contributed by atoms with Gasteiger partial charge in [0.05, 0.1) is 10.5 Å². The highest BCUT2D eigenvalue weighted by molar-refractivity contribution is 5.96. The van der Waals surface area contributed by atoms with Crippen LogP contribution in [0.5, 0.6) is 0 Å². The molecular formula is C11H9NO6. The van der Waals surface area contributed by atoms with Crippen LogP contribution in [0.25, 0.3) is 0 Å². The van der Waals surface area contributed by atoms with Crippen molar-refractivity contribution in [3.63, 3.8) is 0 Å². The minimum absolute atomic E-state index is 0.0344. The Labute approximate surface area is 101 Å². The molecule has 0 amide bonds. The molecule has 0 radical (unpaired) electrons. The number of ether oxygens (including phenoxy) is 1. The minimum atomic E-state index is -1.44. The maximum absolute atomic E-state index is 11.4. The van der Waals surface area contributed by atoms with Crippen LogP contribution in [0.4, 0.5) is 5.69 Å². The first kappa shape index (κ1) is 13.4.